The highest BCUT2D eigenvalue weighted by molar-refractivity contribution is 7.53. The van der Waals surface area contributed by atoms with E-state index < -0.39 is 7.75 Å². The van der Waals surface area contributed by atoms with E-state index >= 15 is 0 Å². The first kappa shape index (κ1) is 22.1. The molecule has 5 N–H and O–H groups in total. The molecule has 0 saturated carbocycles. The van der Waals surface area contributed by atoms with Gasteiger partial charge in [0.05, 0.1) is 11.4 Å². The van der Waals surface area contributed by atoms with Gasteiger partial charge in [-0.3, -0.25) is 9.46 Å². The molecule has 1 aromatic heterocycles. The molecule has 0 fully saturated rings. The normalized spacial score (nSPS) is 11.3. The topological polar surface area (TPSA) is 116 Å². The van der Waals surface area contributed by atoms with Crippen molar-refractivity contribution in [1.82, 2.24) is 0 Å². The summed E-state index contributed by atoms with van der Waals surface area (Å²) in [5, 5.41) is 4.83. The zero-order chi connectivity index (χ0) is 21.9. The molecule has 30 heavy (non-hydrogen) atoms. The molecular formula is C21H24N3O4PS. The quantitative estimate of drug-likeness (QED) is 0.309. The number of benzene rings is 2. The van der Waals surface area contributed by atoms with Crippen LogP contribution in [0.2, 0.25) is 0 Å². The van der Waals surface area contributed by atoms with Gasteiger partial charge in [-0.25, -0.2) is 4.57 Å². The van der Waals surface area contributed by atoms with E-state index in [0.717, 1.165) is 15.1 Å². The lowest BCUT2D eigenvalue weighted by atomic mass is 10.1. The SMILES string of the molecule is CCc1cc(C(=O)Nc2cc(-c3cccs3)ccc2N)ccc1N(CC)P(=O)(O)O. The largest absolute Gasteiger partial charge is 0.430 e. The summed E-state index contributed by atoms with van der Waals surface area (Å²) in [4.78, 5) is 33.1. The maximum absolute atomic E-state index is 12.8. The molecule has 3 rings (SSSR count). The number of hydrogen-bond donors (Lipinski definition) is 4. The third-order valence-corrected chi connectivity index (χ3v) is 6.77. The molecule has 0 aliphatic heterocycles. The van der Waals surface area contributed by atoms with Gasteiger partial charge in [-0.05, 0) is 66.2 Å². The number of rotatable bonds is 7. The van der Waals surface area contributed by atoms with Crippen LogP contribution in [0.25, 0.3) is 10.4 Å². The van der Waals surface area contributed by atoms with E-state index in [1.165, 1.54) is 0 Å². The second-order valence-corrected chi connectivity index (χ2v) is 9.12. The van der Waals surface area contributed by atoms with E-state index in [9.17, 15) is 19.1 Å². The highest BCUT2D eigenvalue weighted by atomic mass is 32.1. The molecule has 158 valence electrons. The minimum absolute atomic E-state index is 0.148. The van der Waals surface area contributed by atoms with Gasteiger partial charge in [-0.15, -0.1) is 11.3 Å². The molecule has 1 amide bonds. The zero-order valence-corrected chi connectivity index (χ0v) is 18.4. The predicted molar refractivity (Wildman–Crippen MR) is 123 cm³/mol. The summed E-state index contributed by atoms with van der Waals surface area (Å²) in [5.74, 6) is -0.342. The van der Waals surface area contributed by atoms with Crippen molar-refractivity contribution in [3.63, 3.8) is 0 Å². The Kier molecular flexibility index (Phi) is 6.63. The number of amides is 1. The summed E-state index contributed by atoms with van der Waals surface area (Å²) in [5.41, 5.74) is 9.46. The summed E-state index contributed by atoms with van der Waals surface area (Å²) in [6.45, 7) is 3.69. The second-order valence-electron chi connectivity index (χ2n) is 6.66. The number of nitrogen functional groups attached to an aromatic ring is 1. The molecule has 0 aliphatic carbocycles. The molecule has 0 spiro atoms. The Morgan fingerprint density at radius 3 is 2.53 bits per heavy atom. The number of carbonyl (C=O) groups is 1. The third-order valence-electron chi connectivity index (χ3n) is 4.72. The molecule has 1 heterocycles. The lowest BCUT2D eigenvalue weighted by Crippen LogP contribution is -2.21. The molecule has 0 atom stereocenters. The summed E-state index contributed by atoms with van der Waals surface area (Å²) < 4.78 is 12.8. The van der Waals surface area contributed by atoms with E-state index in [1.54, 1.807) is 42.5 Å². The zero-order valence-electron chi connectivity index (χ0n) is 16.7. The highest BCUT2D eigenvalue weighted by Crippen LogP contribution is 2.45. The van der Waals surface area contributed by atoms with Gasteiger partial charge in [0.15, 0.2) is 0 Å². The summed E-state index contributed by atoms with van der Waals surface area (Å²) in [6, 6.07) is 14.2. The fourth-order valence-corrected chi connectivity index (χ4v) is 4.78. The first-order chi connectivity index (χ1) is 14.2. The number of anilines is 3. The number of aryl methyl sites for hydroxylation is 1. The van der Waals surface area contributed by atoms with Crippen molar-refractivity contribution in [2.24, 2.45) is 0 Å². The summed E-state index contributed by atoms with van der Waals surface area (Å²) in [7, 11) is -4.45. The van der Waals surface area contributed by atoms with E-state index in [-0.39, 0.29) is 12.5 Å². The summed E-state index contributed by atoms with van der Waals surface area (Å²) in [6.07, 6.45) is 0.517. The van der Waals surface area contributed by atoms with Crippen LogP contribution in [-0.2, 0) is 11.0 Å². The van der Waals surface area contributed by atoms with E-state index in [0.29, 0.717) is 34.6 Å². The van der Waals surface area contributed by atoms with Gasteiger partial charge in [-0.2, -0.15) is 0 Å². The Morgan fingerprint density at radius 1 is 1.17 bits per heavy atom. The van der Waals surface area contributed by atoms with Crippen LogP contribution in [0.5, 0.6) is 0 Å². The van der Waals surface area contributed by atoms with Crippen LogP contribution in [-0.4, -0.2) is 22.2 Å². The van der Waals surface area contributed by atoms with Crippen molar-refractivity contribution < 1.29 is 19.1 Å². The smallest absolute Gasteiger partial charge is 0.397 e. The molecule has 2 aromatic carbocycles. The molecule has 0 radical (unpaired) electrons. The number of nitrogens with two attached hydrogens (primary N) is 1. The minimum atomic E-state index is -4.45. The van der Waals surface area contributed by atoms with Crippen LogP contribution in [0, 0.1) is 0 Å². The van der Waals surface area contributed by atoms with Crippen molar-refractivity contribution in [2.75, 3.05) is 22.3 Å². The Morgan fingerprint density at radius 2 is 1.93 bits per heavy atom. The molecule has 3 aromatic rings. The maximum Gasteiger partial charge on any atom is 0.430 e. The van der Waals surface area contributed by atoms with Gasteiger partial charge in [0, 0.05) is 22.7 Å². The molecule has 0 bridgehead atoms. The fraction of sp³-hybridized carbons (Fsp3) is 0.190. The third kappa shape index (κ3) is 4.74. The Bertz CT molecular complexity index is 1100. The average Bonchev–Trinajstić information content (AvgIpc) is 3.24. The van der Waals surface area contributed by atoms with Gasteiger partial charge >= 0.3 is 7.75 Å². The Balaban J connectivity index is 1.89. The van der Waals surface area contributed by atoms with Crippen LogP contribution < -0.4 is 15.7 Å². The van der Waals surface area contributed by atoms with E-state index in [4.69, 9.17) is 5.73 Å². The van der Waals surface area contributed by atoms with E-state index in [2.05, 4.69) is 5.32 Å². The van der Waals surface area contributed by atoms with Gasteiger partial charge in [-0.1, -0.05) is 19.1 Å². The maximum atomic E-state index is 12.8. The van der Waals surface area contributed by atoms with Gasteiger partial charge in [0.25, 0.3) is 5.91 Å². The predicted octanol–water partition coefficient (Wildman–Crippen LogP) is 4.73. The van der Waals surface area contributed by atoms with Crippen molar-refractivity contribution >= 4 is 42.1 Å². The standard InChI is InChI=1S/C21H24N3O4PS/c1-3-14-12-16(8-10-19(14)24(4-2)29(26,27)28)21(25)23-18-13-15(7-9-17(18)22)20-6-5-11-30-20/h5-13H,3-4,22H2,1-2H3,(H,23,25)(H2,26,27,28). The number of thiophene rings is 1. The molecular weight excluding hydrogens is 421 g/mol. The Hall–Kier alpha value is -2.64. The molecule has 7 nitrogen and oxygen atoms in total. The highest BCUT2D eigenvalue weighted by Gasteiger charge is 2.26. The van der Waals surface area contributed by atoms with Crippen molar-refractivity contribution in [1.29, 1.82) is 0 Å². The van der Waals surface area contributed by atoms with Crippen LogP contribution in [0.4, 0.5) is 17.1 Å². The monoisotopic (exact) mass is 445 g/mol. The Labute approximate surface area is 179 Å². The number of nitrogens with zero attached hydrogens (tertiary/aromatic N) is 1. The summed E-state index contributed by atoms with van der Waals surface area (Å²) >= 11 is 1.60. The van der Waals surface area contributed by atoms with Crippen LogP contribution >= 0.6 is 19.1 Å². The number of carbonyl (C=O) groups excluding carboxylic acids is 1. The lowest BCUT2D eigenvalue weighted by molar-refractivity contribution is 0.102. The number of nitrogens with one attached hydrogen (secondary N) is 1. The van der Waals surface area contributed by atoms with Gasteiger partial charge < -0.3 is 20.8 Å². The first-order valence-corrected chi connectivity index (χ1v) is 11.9. The van der Waals surface area contributed by atoms with Crippen molar-refractivity contribution in [3.8, 4) is 10.4 Å². The van der Waals surface area contributed by atoms with Gasteiger partial charge in [0.2, 0.25) is 0 Å². The van der Waals surface area contributed by atoms with Crippen LogP contribution in [0.3, 0.4) is 0 Å². The van der Waals surface area contributed by atoms with Crippen molar-refractivity contribution in [2.45, 2.75) is 20.3 Å². The lowest BCUT2D eigenvalue weighted by Gasteiger charge is -2.26. The molecule has 0 saturated heterocycles. The number of hydrogen-bond acceptors (Lipinski definition) is 4. The van der Waals surface area contributed by atoms with Crippen LogP contribution in [0.1, 0.15) is 29.8 Å². The second kappa shape index (κ2) is 9.02. The molecule has 0 aliphatic rings. The molecule has 9 heteroatoms. The molecule has 0 unspecified atom stereocenters. The van der Waals surface area contributed by atoms with E-state index in [1.807, 2.05) is 36.6 Å². The minimum Gasteiger partial charge on any atom is -0.397 e. The fourth-order valence-electron chi connectivity index (χ4n) is 3.21. The average molecular weight is 445 g/mol. The van der Waals surface area contributed by atoms with Gasteiger partial charge in [0.1, 0.15) is 0 Å². The first-order valence-electron chi connectivity index (χ1n) is 9.45. The van der Waals surface area contributed by atoms with Crippen molar-refractivity contribution in [3.05, 3.63) is 65.0 Å². The van der Waals surface area contributed by atoms with Crippen LogP contribution in [0.15, 0.2) is 53.9 Å².